The molecule has 0 aromatic heterocycles. The highest BCUT2D eigenvalue weighted by Crippen LogP contribution is 2.38. The number of aryl methyl sites for hydroxylation is 2. The maximum atomic E-state index is 9.87. The van der Waals surface area contributed by atoms with E-state index in [9.17, 15) is 5.53 Å². The summed E-state index contributed by atoms with van der Waals surface area (Å²) in [5.74, 6) is 1.14. The van der Waals surface area contributed by atoms with Crippen LogP contribution in [-0.2, 0) is 0 Å². The van der Waals surface area contributed by atoms with Crippen LogP contribution in [-0.4, -0.2) is 0 Å². The van der Waals surface area contributed by atoms with Crippen molar-refractivity contribution in [3.8, 4) is 11.1 Å². The predicted molar refractivity (Wildman–Crippen MR) is 128 cm³/mol. The van der Waals surface area contributed by atoms with Crippen molar-refractivity contribution in [1.82, 2.24) is 0 Å². The summed E-state index contributed by atoms with van der Waals surface area (Å²) in [5.41, 5.74) is 22.6. The second kappa shape index (κ2) is 8.34. The van der Waals surface area contributed by atoms with Gasteiger partial charge in [0.15, 0.2) is 5.57 Å². The Hall–Kier alpha value is -3.09. The zero-order chi connectivity index (χ0) is 22.1. The number of hydrogen-bond donors (Lipinski definition) is 0. The fraction of sp³-hybridized carbons (Fsp3) is 0.286. The molecule has 30 heavy (non-hydrogen) atoms. The van der Waals surface area contributed by atoms with Gasteiger partial charge in [0, 0.05) is 34.4 Å². The molecule has 0 N–H and O–H groups in total. The normalized spacial score (nSPS) is 14.1. The second-order valence-corrected chi connectivity index (χ2v) is 9.16. The fourth-order valence-electron chi connectivity index (χ4n) is 3.98. The lowest BCUT2D eigenvalue weighted by Crippen LogP contribution is -2.13. The molecule has 0 aliphatic heterocycles. The van der Waals surface area contributed by atoms with Gasteiger partial charge in [0.25, 0.3) is 0 Å². The third-order valence-corrected chi connectivity index (χ3v) is 5.62. The van der Waals surface area contributed by atoms with Crippen molar-refractivity contribution >= 4 is 5.70 Å². The Balaban J connectivity index is 2.13. The van der Waals surface area contributed by atoms with Crippen molar-refractivity contribution in [2.75, 3.05) is 0 Å². The first-order valence-electron chi connectivity index (χ1n) is 10.4. The number of allylic oxidation sites excluding steroid dienone is 5. The van der Waals surface area contributed by atoms with Crippen LogP contribution in [0.2, 0.25) is 0 Å². The molecule has 0 unspecified atom stereocenters. The summed E-state index contributed by atoms with van der Waals surface area (Å²) in [6, 6.07) is 14.6. The van der Waals surface area contributed by atoms with Crippen molar-refractivity contribution in [3.63, 3.8) is 0 Å². The van der Waals surface area contributed by atoms with Gasteiger partial charge in [-0.25, -0.2) is 0 Å². The first-order chi connectivity index (χ1) is 14.1. The summed E-state index contributed by atoms with van der Waals surface area (Å²) in [4.78, 5) is 0. The predicted octanol–water partition coefficient (Wildman–Crippen LogP) is 8.39. The molecule has 0 heterocycles. The number of benzene rings is 2. The summed E-state index contributed by atoms with van der Waals surface area (Å²) in [7, 11) is 0. The van der Waals surface area contributed by atoms with Crippen molar-refractivity contribution < 1.29 is 0 Å². The second-order valence-electron chi connectivity index (χ2n) is 9.16. The molecule has 1 aliphatic carbocycles. The quantitative estimate of drug-likeness (QED) is 0.285. The van der Waals surface area contributed by atoms with Crippen LogP contribution in [0.1, 0.15) is 51.3 Å². The van der Waals surface area contributed by atoms with Gasteiger partial charge in [0.2, 0.25) is 0 Å². The van der Waals surface area contributed by atoms with Gasteiger partial charge in [-0.3, -0.25) is 0 Å². The molecule has 2 nitrogen and oxygen atoms in total. The molecular weight excluding hydrogens is 364 g/mol. The lowest BCUT2D eigenvalue weighted by molar-refractivity contribution is 0.514. The minimum Gasteiger partial charge on any atom is -0.705 e. The summed E-state index contributed by atoms with van der Waals surface area (Å²) in [5, 5.41) is 3.64. The topological polar surface area (TPSA) is 34.7 Å². The highest BCUT2D eigenvalue weighted by Gasteiger charge is 2.29. The molecule has 0 bridgehead atoms. The molecule has 152 valence electrons. The van der Waals surface area contributed by atoms with E-state index in [2.05, 4.69) is 95.7 Å². The summed E-state index contributed by atoms with van der Waals surface area (Å²) < 4.78 is 0. The van der Waals surface area contributed by atoms with E-state index < -0.39 is 0 Å². The molecule has 0 radical (unpaired) electrons. The third-order valence-electron chi connectivity index (χ3n) is 5.62. The van der Waals surface area contributed by atoms with Crippen LogP contribution in [0.25, 0.3) is 22.4 Å². The third kappa shape index (κ3) is 4.40. The zero-order valence-corrected chi connectivity index (χ0v) is 19.1. The molecule has 0 spiro atoms. The van der Waals surface area contributed by atoms with Gasteiger partial charge in [-0.15, -0.1) is 0 Å². The Labute approximate surface area is 181 Å². The molecule has 0 amide bonds. The fourth-order valence-corrected chi connectivity index (χ4v) is 3.98. The Morgan fingerprint density at radius 3 is 2.07 bits per heavy atom. The van der Waals surface area contributed by atoms with E-state index in [-0.39, 0.29) is 5.41 Å². The van der Waals surface area contributed by atoms with E-state index in [0.717, 1.165) is 39.3 Å². The molecule has 2 heteroatoms. The molecule has 1 aliphatic rings. The van der Waals surface area contributed by atoms with Crippen molar-refractivity contribution in [1.29, 1.82) is 0 Å². The zero-order valence-electron chi connectivity index (χ0n) is 19.1. The lowest BCUT2D eigenvalue weighted by Gasteiger charge is -2.21. The Kier molecular flexibility index (Phi) is 6.01. The number of nitrogens with zero attached hydrogens (tertiary/aromatic N) is 2. The summed E-state index contributed by atoms with van der Waals surface area (Å²) in [6.07, 6.45) is 4.42. The molecule has 0 fully saturated rings. The maximum Gasteiger partial charge on any atom is 0.155 e. The number of rotatable bonds is 3. The van der Waals surface area contributed by atoms with E-state index in [1.165, 1.54) is 11.1 Å². The van der Waals surface area contributed by atoms with Crippen molar-refractivity contribution in [2.45, 2.75) is 48.5 Å². The van der Waals surface area contributed by atoms with Crippen LogP contribution in [0, 0.1) is 25.2 Å². The lowest BCUT2D eigenvalue weighted by atomic mass is 9.77. The summed E-state index contributed by atoms with van der Waals surface area (Å²) >= 11 is 0. The average molecular weight is 395 g/mol. The Morgan fingerprint density at radius 2 is 1.57 bits per heavy atom. The smallest absolute Gasteiger partial charge is 0.155 e. The Bertz CT molecular complexity index is 1080. The van der Waals surface area contributed by atoms with Gasteiger partial charge in [-0.05, 0) is 70.7 Å². The standard InChI is InChI=1S/C28H30N2/c1-18-15-24(28(5,6)7)16-19(2)25(18)17-26(30-29)27-20(3)13-23(14-21(27)4)22-11-9-8-10-12-22/h8-16H,1-7H3. The van der Waals surface area contributed by atoms with Crippen LogP contribution in [0.3, 0.4) is 0 Å². The van der Waals surface area contributed by atoms with Gasteiger partial charge in [-0.1, -0.05) is 42.5 Å². The first-order valence-corrected chi connectivity index (χ1v) is 10.4. The van der Waals surface area contributed by atoms with Crippen molar-refractivity contribution in [2.24, 2.45) is 10.5 Å². The van der Waals surface area contributed by atoms with Crippen LogP contribution in [0.15, 0.2) is 82.2 Å². The molecule has 3 rings (SSSR count). The van der Waals surface area contributed by atoms with E-state index >= 15 is 0 Å². The van der Waals surface area contributed by atoms with E-state index in [4.69, 9.17) is 0 Å². The summed E-state index contributed by atoms with van der Waals surface area (Å²) in [6.45, 7) is 15.0. The van der Waals surface area contributed by atoms with Gasteiger partial charge in [0.05, 0.1) is 11.5 Å². The van der Waals surface area contributed by atoms with E-state index in [0.29, 0.717) is 5.70 Å². The minimum atomic E-state index is 0.0857. The highest BCUT2D eigenvalue weighted by atomic mass is 15.0. The molecule has 2 aromatic rings. The first kappa shape index (κ1) is 21.6. The van der Waals surface area contributed by atoms with Gasteiger partial charge < -0.3 is 10.6 Å². The van der Waals surface area contributed by atoms with Crippen molar-refractivity contribution in [3.05, 3.63) is 105 Å². The molecule has 0 saturated heterocycles. The van der Waals surface area contributed by atoms with Crippen LogP contribution in [0.4, 0.5) is 0 Å². The van der Waals surface area contributed by atoms with Gasteiger partial charge >= 0.3 is 0 Å². The largest absolute Gasteiger partial charge is 0.705 e. The monoisotopic (exact) mass is 394 g/mol. The van der Waals surface area contributed by atoms with Gasteiger partial charge in [0.1, 0.15) is 5.70 Å². The molecular formula is C28H30N2. The van der Waals surface area contributed by atoms with E-state index in [1.807, 2.05) is 18.2 Å². The SMILES string of the molecule is CC1=CC(C(C)(C)C)=C[C+](C)C1=C=C(N=[N-])c1c(C)cc(-c2ccccc2)cc1C. The van der Waals surface area contributed by atoms with Crippen LogP contribution in [0.5, 0.6) is 0 Å². The van der Waals surface area contributed by atoms with E-state index in [1.54, 1.807) is 0 Å². The van der Waals surface area contributed by atoms with Crippen LogP contribution >= 0.6 is 0 Å². The molecule has 2 aromatic carbocycles. The maximum absolute atomic E-state index is 9.87. The Morgan fingerprint density at radius 1 is 0.967 bits per heavy atom. The highest BCUT2D eigenvalue weighted by molar-refractivity contribution is 5.76. The number of hydrogen-bond acceptors (Lipinski definition) is 1. The molecule has 0 atom stereocenters. The minimum absolute atomic E-state index is 0.0857. The van der Waals surface area contributed by atoms with Gasteiger partial charge in [-0.2, -0.15) is 0 Å². The van der Waals surface area contributed by atoms with Crippen LogP contribution < -0.4 is 0 Å². The average Bonchev–Trinajstić information content (AvgIpc) is 2.68. The molecule has 0 saturated carbocycles.